The van der Waals surface area contributed by atoms with Gasteiger partial charge in [0.1, 0.15) is 18.0 Å². The van der Waals surface area contributed by atoms with Gasteiger partial charge in [-0.2, -0.15) is 18.6 Å². The summed E-state index contributed by atoms with van der Waals surface area (Å²) in [4.78, 5) is 12.2. The van der Waals surface area contributed by atoms with Crippen LogP contribution in [0.15, 0.2) is 53.9 Å². The van der Waals surface area contributed by atoms with Crippen molar-refractivity contribution in [2.75, 3.05) is 7.05 Å². The number of benzene rings is 1. The second-order valence-corrected chi connectivity index (χ2v) is 5.59. The Kier molecular flexibility index (Phi) is 5.78. The van der Waals surface area contributed by atoms with E-state index in [1.54, 1.807) is 12.1 Å². The molecular formula is C18H15F3N6O. The normalized spacial score (nSPS) is 11.7. The van der Waals surface area contributed by atoms with Crippen molar-refractivity contribution in [1.29, 1.82) is 5.41 Å². The lowest BCUT2D eigenvalue weighted by Crippen LogP contribution is -2.19. The fraction of sp³-hybridized carbons (Fsp3) is 0.167. The van der Waals surface area contributed by atoms with Gasteiger partial charge in [-0.3, -0.25) is 10.4 Å². The molecule has 2 heterocycles. The molecule has 1 N–H and O–H groups in total. The Bertz CT molecular complexity index is 1020. The van der Waals surface area contributed by atoms with Gasteiger partial charge in [-0.25, -0.2) is 14.4 Å². The molecule has 28 heavy (non-hydrogen) atoms. The van der Waals surface area contributed by atoms with Crippen LogP contribution in [0.1, 0.15) is 17.0 Å². The number of pyridine rings is 1. The van der Waals surface area contributed by atoms with E-state index in [4.69, 9.17) is 10.1 Å². The Labute approximate surface area is 158 Å². The fourth-order valence-electron chi connectivity index (χ4n) is 2.46. The Hall–Kier alpha value is -3.56. The summed E-state index contributed by atoms with van der Waals surface area (Å²) >= 11 is 0. The van der Waals surface area contributed by atoms with Gasteiger partial charge in [0.25, 0.3) is 5.90 Å². The molecule has 2 aromatic heterocycles. The van der Waals surface area contributed by atoms with Crippen LogP contribution < -0.4 is 0 Å². The monoisotopic (exact) mass is 388 g/mol. The standard InChI is InChI=1S/C18H15F3N6O/c1-23-18(28-17(22)16(20)21)12-5-6-24-15(9-12)27-14(25-10-26-27)8-11-3-2-4-13(19)7-11/h2-7,9-10,16,22H,8H2,1H3/b22-17?,23-18-. The Morgan fingerprint density at radius 3 is 2.79 bits per heavy atom. The molecule has 10 heteroatoms. The molecule has 0 atom stereocenters. The average Bonchev–Trinajstić information content (AvgIpc) is 3.14. The van der Waals surface area contributed by atoms with E-state index in [-0.39, 0.29) is 11.7 Å². The van der Waals surface area contributed by atoms with Crippen molar-refractivity contribution in [3.8, 4) is 5.82 Å². The van der Waals surface area contributed by atoms with Crippen molar-refractivity contribution in [1.82, 2.24) is 19.7 Å². The van der Waals surface area contributed by atoms with Crippen molar-refractivity contribution in [2.45, 2.75) is 12.8 Å². The van der Waals surface area contributed by atoms with Crippen LogP contribution in [0, 0.1) is 11.2 Å². The minimum absolute atomic E-state index is 0.152. The molecule has 0 aliphatic rings. The number of alkyl halides is 2. The van der Waals surface area contributed by atoms with Crippen molar-refractivity contribution >= 4 is 11.8 Å². The molecule has 0 radical (unpaired) electrons. The molecule has 0 fully saturated rings. The number of hydrogen-bond acceptors (Lipinski definition) is 6. The molecule has 144 valence electrons. The first-order valence-electron chi connectivity index (χ1n) is 8.09. The maximum absolute atomic E-state index is 13.4. The lowest BCUT2D eigenvalue weighted by Gasteiger charge is -2.10. The van der Waals surface area contributed by atoms with E-state index in [1.165, 1.54) is 48.5 Å². The molecule has 0 amide bonds. The number of rotatable bonds is 5. The SMILES string of the molecule is C/N=C(\OC(=N)C(F)F)c1ccnc(-n2ncnc2Cc2cccc(F)c2)c1. The van der Waals surface area contributed by atoms with E-state index in [1.807, 2.05) is 0 Å². The minimum Gasteiger partial charge on any atom is -0.419 e. The first-order valence-corrected chi connectivity index (χ1v) is 8.09. The maximum Gasteiger partial charge on any atom is 0.312 e. The fourth-order valence-corrected chi connectivity index (χ4v) is 2.46. The first kappa shape index (κ1) is 19.2. The predicted octanol–water partition coefficient (Wildman–Crippen LogP) is 3.03. The van der Waals surface area contributed by atoms with E-state index in [2.05, 4.69) is 20.1 Å². The maximum atomic E-state index is 13.4. The van der Waals surface area contributed by atoms with Gasteiger partial charge in [-0.15, -0.1) is 0 Å². The Morgan fingerprint density at radius 2 is 2.07 bits per heavy atom. The van der Waals surface area contributed by atoms with Crippen LogP contribution >= 0.6 is 0 Å². The molecule has 0 saturated carbocycles. The molecule has 3 aromatic rings. The van der Waals surface area contributed by atoms with Crippen LogP contribution in [-0.4, -0.2) is 45.0 Å². The second kappa shape index (κ2) is 8.42. The van der Waals surface area contributed by atoms with Gasteiger partial charge in [0.05, 0.1) is 0 Å². The predicted molar refractivity (Wildman–Crippen MR) is 95.6 cm³/mol. The van der Waals surface area contributed by atoms with Gasteiger partial charge in [-0.1, -0.05) is 12.1 Å². The van der Waals surface area contributed by atoms with Crippen LogP contribution in [0.25, 0.3) is 5.82 Å². The van der Waals surface area contributed by atoms with Crippen LogP contribution in [0.5, 0.6) is 0 Å². The highest BCUT2D eigenvalue weighted by Gasteiger charge is 2.18. The summed E-state index contributed by atoms with van der Waals surface area (Å²) in [7, 11) is 1.36. The summed E-state index contributed by atoms with van der Waals surface area (Å²) in [5.41, 5.74) is 1.04. The van der Waals surface area contributed by atoms with Gasteiger partial charge in [-0.05, 0) is 29.8 Å². The highest BCUT2D eigenvalue weighted by Crippen LogP contribution is 2.14. The van der Waals surface area contributed by atoms with E-state index in [0.29, 0.717) is 29.2 Å². The van der Waals surface area contributed by atoms with E-state index < -0.39 is 12.3 Å². The molecule has 0 saturated heterocycles. The minimum atomic E-state index is -3.05. The molecule has 1 aromatic carbocycles. The summed E-state index contributed by atoms with van der Waals surface area (Å²) in [5.74, 6) is -0.861. The molecule has 0 unspecified atom stereocenters. The zero-order chi connectivity index (χ0) is 20.1. The zero-order valence-corrected chi connectivity index (χ0v) is 14.7. The lowest BCUT2D eigenvalue weighted by molar-refractivity contribution is 0.198. The van der Waals surface area contributed by atoms with Gasteiger partial charge in [0.2, 0.25) is 5.90 Å². The highest BCUT2D eigenvalue weighted by atomic mass is 19.3. The van der Waals surface area contributed by atoms with Gasteiger partial charge >= 0.3 is 6.43 Å². The first-order chi connectivity index (χ1) is 13.5. The summed E-state index contributed by atoms with van der Waals surface area (Å²) < 4.78 is 44.8. The number of ether oxygens (including phenoxy) is 1. The van der Waals surface area contributed by atoms with E-state index in [0.717, 1.165) is 0 Å². The number of nitrogens with zero attached hydrogens (tertiary/aromatic N) is 5. The lowest BCUT2D eigenvalue weighted by atomic mass is 10.1. The third-order valence-electron chi connectivity index (χ3n) is 3.69. The van der Waals surface area contributed by atoms with Crippen LogP contribution in [0.2, 0.25) is 0 Å². The number of aliphatic imine (C=N–C) groups is 1. The van der Waals surface area contributed by atoms with Gasteiger partial charge in [0.15, 0.2) is 5.82 Å². The molecule has 0 spiro atoms. The van der Waals surface area contributed by atoms with Crippen LogP contribution in [-0.2, 0) is 11.2 Å². The third kappa shape index (κ3) is 4.40. The van der Waals surface area contributed by atoms with E-state index in [9.17, 15) is 13.2 Å². The molecule has 0 aliphatic heterocycles. The molecule has 7 nitrogen and oxygen atoms in total. The van der Waals surface area contributed by atoms with E-state index >= 15 is 0 Å². The summed E-state index contributed by atoms with van der Waals surface area (Å²) in [5, 5.41) is 11.3. The second-order valence-electron chi connectivity index (χ2n) is 5.59. The average molecular weight is 388 g/mol. The van der Waals surface area contributed by atoms with Crippen molar-refractivity contribution < 1.29 is 17.9 Å². The van der Waals surface area contributed by atoms with Gasteiger partial charge in [0, 0.05) is 25.2 Å². The molecular weight excluding hydrogens is 373 g/mol. The Morgan fingerprint density at radius 1 is 1.25 bits per heavy atom. The van der Waals surface area contributed by atoms with Gasteiger partial charge < -0.3 is 4.74 Å². The highest BCUT2D eigenvalue weighted by molar-refractivity contribution is 6.01. The quantitative estimate of drug-likeness (QED) is 0.537. The molecule has 0 aliphatic carbocycles. The topological polar surface area (TPSA) is 89.0 Å². The largest absolute Gasteiger partial charge is 0.419 e. The van der Waals surface area contributed by atoms with Crippen LogP contribution in [0.4, 0.5) is 13.2 Å². The summed E-state index contributed by atoms with van der Waals surface area (Å²) in [6.07, 6.45) is 0.0242. The summed E-state index contributed by atoms with van der Waals surface area (Å²) in [6, 6.07) is 9.13. The smallest absolute Gasteiger partial charge is 0.312 e. The molecule has 0 bridgehead atoms. The van der Waals surface area contributed by atoms with Crippen molar-refractivity contribution in [3.05, 3.63) is 71.7 Å². The Balaban J connectivity index is 1.89. The van der Waals surface area contributed by atoms with Crippen molar-refractivity contribution in [2.24, 2.45) is 4.99 Å². The van der Waals surface area contributed by atoms with Crippen LogP contribution in [0.3, 0.4) is 0 Å². The number of hydrogen-bond donors (Lipinski definition) is 1. The third-order valence-corrected chi connectivity index (χ3v) is 3.69. The number of aromatic nitrogens is 4. The summed E-state index contributed by atoms with van der Waals surface area (Å²) in [6.45, 7) is 0. The number of halogens is 3. The zero-order valence-electron chi connectivity index (χ0n) is 14.7. The molecule has 3 rings (SSSR count). The number of nitrogens with one attached hydrogen (secondary N) is 1. The van der Waals surface area contributed by atoms with Crippen molar-refractivity contribution in [3.63, 3.8) is 0 Å².